The second-order valence-electron chi connectivity index (χ2n) is 4.91. The molecule has 24 heavy (non-hydrogen) atoms. The number of ether oxygens (including phenoxy) is 1. The van der Waals surface area contributed by atoms with Gasteiger partial charge >= 0.3 is 0 Å². The van der Waals surface area contributed by atoms with Crippen molar-refractivity contribution in [2.24, 2.45) is 0 Å². The van der Waals surface area contributed by atoms with E-state index in [-0.39, 0.29) is 5.91 Å². The lowest BCUT2D eigenvalue weighted by Crippen LogP contribution is -2.11. The summed E-state index contributed by atoms with van der Waals surface area (Å²) in [4.78, 5) is 17.1. The van der Waals surface area contributed by atoms with Gasteiger partial charge in [-0.1, -0.05) is 53.4 Å². The maximum absolute atomic E-state index is 12.5. The summed E-state index contributed by atoms with van der Waals surface area (Å²) >= 11 is 3.05. The van der Waals surface area contributed by atoms with Gasteiger partial charge < -0.3 is 10.1 Å². The van der Waals surface area contributed by atoms with Gasteiger partial charge in [-0.05, 0) is 30.5 Å². The Morgan fingerprint density at radius 1 is 1.12 bits per heavy atom. The maximum atomic E-state index is 12.5. The number of nitrogens with one attached hydrogen (secondary N) is 1. The topological polar surface area (TPSA) is 51.2 Å². The number of thioether (sulfide) groups is 1. The van der Waals surface area contributed by atoms with Crippen LogP contribution in [0.3, 0.4) is 0 Å². The first-order valence-electron chi connectivity index (χ1n) is 7.27. The zero-order valence-electron chi connectivity index (χ0n) is 13.3. The van der Waals surface area contributed by atoms with E-state index >= 15 is 0 Å². The van der Waals surface area contributed by atoms with Crippen LogP contribution < -0.4 is 10.1 Å². The molecule has 0 radical (unpaired) electrons. The lowest BCUT2D eigenvalue weighted by molar-refractivity contribution is 0.102. The molecule has 4 nitrogen and oxygen atoms in total. The van der Waals surface area contributed by atoms with Crippen molar-refractivity contribution in [3.8, 4) is 17.0 Å². The molecule has 0 fully saturated rings. The minimum absolute atomic E-state index is 0.161. The highest BCUT2D eigenvalue weighted by Gasteiger charge is 2.16. The number of rotatable bonds is 5. The number of carbonyl (C=O) groups is 1. The molecule has 0 aliphatic carbocycles. The first-order chi connectivity index (χ1) is 11.7. The maximum Gasteiger partial charge on any atom is 0.256 e. The van der Waals surface area contributed by atoms with Gasteiger partial charge in [0.05, 0.1) is 7.11 Å². The number of hydrogen-bond acceptors (Lipinski definition) is 5. The molecule has 3 rings (SSSR count). The number of methoxy groups -OCH3 is 1. The third-order valence-electron chi connectivity index (χ3n) is 3.41. The van der Waals surface area contributed by atoms with E-state index in [1.807, 2.05) is 36.6 Å². The van der Waals surface area contributed by atoms with Gasteiger partial charge in [-0.25, -0.2) is 4.98 Å². The van der Waals surface area contributed by atoms with Crippen LogP contribution in [0.5, 0.6) is 5.75 Å². The second kappa shape index (κ2) is 7.51. The van der Waals surface area contributed by atoms with E-state index in [1.165, 1.54) is 11.3 Å². The van der Waals surface area contributed by atoms with Gasteiger partial charge in [0.25, 0.3) is 5.91 Å². The normalized spacial score (nSPS) is 10.4. The monoisotopic (exact) mass is 356 g/mol. The molecule has 122 valence electrons. The Bertz CT molecular complexity index is 830. The van der Waals surface area contributed by atoms with Crippen LogP contribution in [-0.2, 0) is 0 Å². The van der Waals surface area contributed by atoms with Gasteiger partial charge in [0.2, 0.25) is 0 Å². The third kappa shape index (κ3) is 3.60. The van der Waals surface area contributed by atoms with Crippen LogP contribution in [0, 0.1) is 0 Å². The molecule has 0 aliphatic rings. The number of amides is 1. The summed E-state index contributed by atoms with van der Waals surface area (Å²) in [5, 5.41) is 3.74. The average Bonchev–Trinajstić information content (AvgIpc) is 3.05. The number of carbonyl (C=O) groups excluding carboxylic acids is 1. The molecule has 1 aromatic heterocycles. The van der Waals surface area contributed by atoms with Gasteiger partial charge in [-0.3, -0.25) is 4.79 Å². The van der Waals surface area contributed by atoms with Crippen molar-refractivity contribution in [2.75, 3.05) is 18.7 Å². The summed E-state index contributed by atoms with van der Waals surface area (Å²) in [6, 6.07) is 16.9. The molecule has 0 saturated heterocycles. The molecule has 1 heterocycles. The van der Waals surface area contributed by atoms with Gasteiger partial charge in [0.1, 0.15) is 16.4 Å². The van der Waals surface area contributed by atoms with Crippen LogP contribution >= 0.6 is 23.1 Å². The standard InChI is InChI=1S/C18H16N2O2S2/c1-22-14-10-8-13(9-11-14)16(21)20-17-15(19-18(23-2)24-17)12-6-4-3-5-7-12/h3-11H,1-2H3,(H,20,21). The number of nitrogens with zero attached hydrogens (tertiary/aromatic N) is 1. The fourth-order valence-corrected chi connectivity index (χ4v) is 3.66. The van der Waals surface area contributed by atoms with E-state index in [1.54, 1.807) is 43.1 Å². The Morgan fingerprint density at radius 2 is 1.83 bits per heavy atom. The van der Waals surface area contributed by atoms with Crippen LogP contribution in [-0.4, -0.2) is 24.3 Å². The predicted octanol–water partition coefficient (Wildman–Crippen LogP) is 4.79. The van der Waals surface area contributed by atoms with E-state index in [4.69, 9.17) is 4.74 Å². The van der Waals surface area contributed by atoms with E-state index in [0.717, 1.165) is 26.3 Å². The number of benzene rings is 2. The van der Waals surface area contributed by atoms with Gasteiger partial charge in [-0.2, -0.15) is 0 Å². The molecule has 1 amide bonds. The quantitative estimate of drug-likeness (QED) is 0.668. The molecule has 6 heteroatoms. The van der Waals surface area contributed by atoms with Crippen molar-refractivity contribution in [3.05, 3.63) is 60.2 Å². The van der Waals surface area contributed by atoms with Crippen molar-refractivity contribution in [2.45, 2.75) is 4.34 Å². The molecule has 1 N–H and O–H groups in total. The van der Waals surface area contributed by atoms with Gasteiger partial charge in [0.15, 0.2) is 4.34 Å². The molecule has 0 unspecified atom stereocenters. The lowest BCUT2D eigenvalue weighted by atomic mass is 10.1. The highest BCUT2D eigenvalue weighted by molar-refractivity contribution is 8.00. The van der Waals surface area contributed by atoms with Gasteiger partial charge in [-0.15, -0.1) is 0 Å². The van der Waals surface area contributed by atoms with Crippen molar-refractivity contribution in [1.82, 2.24) is 4.98 Å². The summed E-state index contributed by atoms with van der Waals surface area (Å²) in [6.45, 7) is 0. The smallest absolute Gasteiger partial charge is 0.256 e. The zero-order valence-corrected chi connectivity index (χ0v) is 14.9. The van der Waals surface area contributed by atoms with E-state index in [9.17, 15) is 4.79 Å². The lowest BCUT2D eigenvalue weighted by Gasteiger charge is -2.06. The SMILES string of the molecule is COc1ccc(C(=O)Nc2sc(SC)nc2-c2ccccc2)cc1. The highest BCUT2D eigenvalue weighted by atomic mass is 32.2. The second-order valence-corrected chi connectivity index (χ2v) is 6.96. The Balaban J connectivity index is 1.88. The summed E-state index contributed by atoms with van der Waals surface area (Å²) < 4.78 is 6.04. The Kier molecular flexibility index (Phi) is 5.17. The van der Waals surface area contributed by atoms with E-state index in [2.05, 4.69) is 10.3 Å². The Labute approximate surface area is 148 Å². The minimum Gasteiger partial charge on any atom is -0.497 e. The molecule has 0 spiro atoms. The van der Waals surface area contributed by atoms with Gasteiger partial charge in [0, 0.05) is 11.1 Å². The van der Waals surface area contributed by atoms with Crippen molar-refractivity contribution in [3.63, 3.8) is 0 Å². The first kappa shape index (κ1) is 16.5. The molecular formula is C18H16N2O2S2. The number of aromatic nitrogens is 1. The van der Waals surface area contributed by atoms with E-state index in [0.29, 0.717) is 5.56 Å². The molecule has 0 atom stereocenters. The van der Waals surface area contributed by atoms with Crippen molar-refractivity contribution >= 4 is 34.0 Å². The Morgan fingerprint density at radius 3 is 2.46 bits per heavy atom. The van der Waals surface area contributed by atoms with Crippen molar-refractivity contribution in [1.29, 1.82) is 0 Å². The molecule has 3 aromatic rings. The molecule has 2 aromatic carbocycles. The van der Waals surface area contributed by atoms with Crippen LogP contribution in [0.1, 0.15) is 10.4 Å². The molecule has 0 bridgehead atoms. The summed E-state index contributed by atoms with van der Waals surface area (Å²) in [5.74, 6) is 0.560. The fourth-order valence-electron chi connectivity index (χ4n) is 2.18. The number of thiazole rings is 1. The third-order valence-corrected chi connectivity index (χ3v) is 5.36. The van der Waals surface area contributed by atoms with E-state index < -0.39 is 0 Å². The van der Waals surface area contributed by atoms with Crippen LogP contribution in [0.4, 0.5) is 5.00 Å². The first-order valence-corrected chi connectivity index (χ1v) is 9.31. The molecular weight excluding hydrogens is 340 g/mol. The number of anilines is 1. The molecule has 0 saturated carbocycles. The van der Waals surface area contributed by atoms with Crippen LogP contribution in [0.25, 0.3) is 11.3 Å². The Hall–Kier alpha value is -2.31. The highest BCUT2D eigenvalue weighted by Crippen LogP contribution is 2.37. The summed E-state index contributed by atoms with van der Waals surface area (Å²) in [5.41, 5.74) is 2.36. The zero-order chi connectivity index (χ0) is 16.9. The fraction of sp³-hybridized carbons (Fsp3) is 0.111. The number of hydrogen-bond donors (Lipinski definition) is 1. The minimum atomic E-state index is -0.161. The predicted molar refractivity (Wildman–Crippen MR) is 100 cm³/mol. The van der Waals surface area contributed by atoms with Crippen molar-refractivity contribution < 1.29 is 9.53 Å². The summed E-state index contributed by atoms with van der Waals surface area (Å²) in [7, 11) is 1.60. The molecule has 0 aliphatic heterocycles. The average molecular weight is 356 g/mol. The largest absolute Gasteiger partial charge is 0.497 e. The van der Waals surface area contributed by atoms with Crippen LogP contribution in [0.2, 0.25) is 0 Å². The summed E-state index contributed by atoms with van der Waals surface area (Å²) in [6.07, 6.45) is 1.97. The van der Waals surface area contributed by atoms with Crippen LogP contribution in [0.15, 0.2) is 58.9 Å².